The summed E-state index contributed by atoms with van der Waals surface area (Å²) in [6, 6.07) is 6.62. The van der Waals surface area contributed by atoms with Crippen molar-refractivity contribution in [2.75, 3.05) is 0 Å². The second-order valence-electron chi connectivity index (χ2n) is 7.35. The third-order valence-corrected chi connectivity index (χ3v) is 5.33. The molecule has 0 spiro atoms. The number of phenolic OH excluding ortho intramolecular Hbond substituents is 1. The molecule has 2 aromatic rings. The number of carbonyl (C=O) groups is 2. The van der Waals surface area contributed by atoms with Gasteiger partial charge in [0, 0.05) is 32.1 Å². The van der Waals surface area contributed by atoms with Gasteiger partial charge in [0.2, 0.25) is 0 Å². The number of aromatic hydroxyl groups is 1. The van der Waals surface area contributed by atoms with Crippen LogP contribution < -0.4 is 0 Å². The molecule has 7 heteroatoms. The van der Waals surface area contributed by atoms with E-state index >= 15 is 0 Å². The van der Waals surface area contributed by atoms with Crippen LogP contribution in [0.25, 0.3) is 0 Å². The highest BCUT2D eigenvalue weighted by atomic mass is 16.5. The van der Waals surface area contributed by atoms with E-state index in [9.17, 15) is 19.8 Å². The number of aliphatic imine (C=N–C) groups is 1. The van der Waals surface area contributed by atoms with E-state index in [4.69, 9.17) is 4.52 Å². The standard InChI is InChI=1S/C22H22N2O5/c25-16-7-2-1-5-13(16)23-14-6-3-8-17(26)21(14)19(28)12-11-15-22-18(27)9-4-10-20(22)29-24-15/h1-2,5,7,25,28H,3-4,6,8-12H2/b21-19-,23-14?. The highest BCUT2D eigenvalue weighted by Crippen LogP contribution is 2.31. The molecule has 0 atom stereocenters. The molecule has 1 saturated carbocycles. The zero-order chi connectivity index (χ0) is 20.4. The van der Waals surface area contributed by atoms with Gasteiger partial charge in [-0.05, 0) is 31.4 Å². The number of Topliss-reactive ketones (excluding diaryl/α,β-unsaturated/α-hetero) is 2. The monoisotopic (exact) mass is 394 g/mol. The van der Waals surface area contributed by atoms with Crippen LogP contribution in [0.3, 0.4) is 0 Å². The lowest BCUT2D eigenvalue weighted by molar-refractivity contribution is -0.115. The van der Waals surface area contributed by atoms with Gasteiger partial charge < -0.3 is 14.7 Å². The molecular formula is C22H22N2O5. The van der Waals surface area contributed by atoms with Crippen LogP contribution in [-0.2, 0) is 17.6 Å². The number of phenols is 1. The van der Waals surface area contributed by atoms with Crippen LogP contribution in [0, 0.1) is 0 Å². The van der Waals surface area contributed by atoms with Gasteiger partial charge in [-0.3, -0.25) is 9.59 Å². The van der Waals surface area contributed by atoms with E-state index in [-0.39, 0.29) is 35.1 Å². The van der Waals surface area contributed by atoms with Crippen molar-refractivity contribution in [1.82, 2.24) is 5.16 Å². The minimum Gasteiger partial charge on any atom is -0.511 e. The second-order valence-corrected chi connectivity index (χ2v) is 7.35. The molecule has 0 bridgehead atoms. The summed E-state index contributed by atoms with van der Waals surface area (Å²) in [7, 11) is 0. The number of aromatic nitrogens is 1. The number of allylic oxidation sites excluding steroid dienone is 2. The maximum atomic E-state index is 12.5. The van der Waals surface area contributed by atoms with Crippen molar-refractivity contribution in [3.05, 3.63) is 52.6 Å². The average molecular weight is 394 g/mol. The summed E-state index contributed by atoms with van der Waals surface area (Å²) in [5.41, 5.74) is 2.10. The molecular weight excluding hydrogens is 372 g/mol. The minimum absolute atomic E-state index is 0.0181. The summed E-state index contributed by atoms with van der Waals surface area (Å²) in [4.78, 5) is 29.1. The molecule has 0 amide bonds. The largest absolute Gasteiger partial charge is 0.511 e. The van der Waals surface area contributed by atoms with E-state index in [1.165, 1.54) is 6.07 Å². The van der Waals surface area contributed by atoms with Crippen LogP contribution in [0.5, 0.6) is 5.75 Å². The van der Waals surface area contributed by atoms with Gasteiger partial charge in [-0.2, -0.15) is 0 Å². The number of benzene rings is 1. The van der Waals surface area contributed by atoms with Crippen LogP contribution in [0.15, 0.2) is 45.1 Å². The number of aliphatic hydroxyl groups is 1. The van der Waals surface area contributed by atoms with Crippen molar-refractivity contribution in [3.8, 4) is 5.75 Å². The van der Waals surface area contributed by atoms with Crippen molar-refractivity contribution < 1.29 is 24.3 Å². The van der Waals surface area contributed by atoms with Gasteiger partial charge in [0.25, 0.3) is 0 Å². The van der Waals surface area contributed by atoms with Gasteiger partial charge in [-0.25, -0.2) is 4.99 Å². The number of nitrogens with zero attached hydrogens (tertiary/aromatic N) is 2. The van der Waals surface area contributed by atoms with Gasteiger partial charge in [0.1, 0.15) is 23.0 Å². The van der Waals surface area contributed by atoms with Crippen molar-refractivity contribution >= 4 is 23.0 Å². The molecule has 1 heterocycles. The third kappa shape index (κ3) is 3.85. The number of hydrogen-bond acceptors (Lipinski definition) is 7. The Hall–Kier alpha value is -3.22. The Morgan fingerprint density at radius 3 is 2.66 bits per heavy atom. The fourth-order valence-corrected chi connectivity index (χ4v) is 3.89. The minimum atomic E-state index is -0.166. The number of rotatable bonds is 4. The van der Waals surface area contributed by atoms with Crippen molar-refractivity contribution in [3.63, 3.8) is 0 Å². The molecule has 0 saturated heterocycles. The van der Waals surface area contributed by atoms with Crippen molar-refractivity contribution in [1.29, 1.82) is 0 Å². The maximum Gasteiger partial charge on any atom is 0.168 e. The Labute approximate surface area is 167 Å². The average Bonchev–Trinajstić information content (AvgIpc) is 3.12. The summed E-state index contributed by atoms with van der Waals surface area (Å²) in [5.74, 6) is 0.416. The first-order valence-electron chi connectivity index (χ1n) is 9.86. The fourth-order valence-electron chi connectivity index (χ4n) is 3.89. The van der Waals surface area contributed by atoms with Crippen LogP contribution in [0.4, 0.5) is 5.69 Å². The molecule has 4 rings (SSSR count). The van der Waals surface area contributed by atoms with E-state index in [0.29, 0.717) is 66.9 Å². The number of aryl methyl sites for hydroxylation is 2. The quantitative estimate of drug-likeness (QED) is 0.594. The SMILES string of the molecule is O=C1CCCC(=Nc2ccccc2O)/C1=C(/O)CCc1noc2c1C(=O)CCC2. The van der Waals surface area contributed by atoms with Crippen molar-refractivity contribution in [2.24, 2.45) is 4.99 Å². The van der Waals surface area contributed by atoms with E-state index in [2.05, 4.69) is 10.1 Å². The first-order valence-corrected chi connectivity index (χ1v) is 9.86. The van der Waals surface area contributed by atoms with E-state index in [0.717, 1.165) is 6.42 Å². The van der Waals surface area contributed by atoms with Gasteiger partial charge in [-0.15, -0.1) is 0 Å². The maximum absolute atomic E-state index is 12.5. The zero-order valence-corrected chi connectivity index (χ0v) is 16.0. The van der Waals surface area contributed by atoms with Gasteiger partial charge >= 0.3 is 0 Å². The molecule has 150 valence electrons. The highest BCUT2D eigenvalue weighted by molar-refractivity contribution is 6.24. The predicted molar refractivity (Wildman–Crippen MR) is 106 cm³/mol. The Kier molecular flexibility index (Phi) is 5.29. The zero-order valence-electron chi connectivity index (χ0n) is 16.0. The van der Waals surface area contributed by atoms with Gasteiger partial charge in [0.05, 0.1) is 22.5 Å². The topological polar surface area (TPSA) is 113 Å². The Balaban J connectivity index is 1.61. The van der Waals surface area contributed by atoms with Crippen LogP contribution in [-0.4, -0.2) is 32.6 Å². The Morgan fingerprint density at radius 2 is 1.83 bits per heavy atom. The number of ketones is 2. The summed E-state index contributed by atoms with van der Waals surface area (Å²) in [6.45, 7) is 0. The Morgan fingerprint density at radius 1 is 1.07 bits per heavy atom. The summed E-state index contributed by atoms with van der Waals surface area (Å²) < 4.78 is 5.28. The first kappa shape index (κ1) is 19.1. The van der Waals surface area contributed by atoms with E-state index in [1.54, 1.807) is 18.2 Å². The third-order valence-electron chi connectivity index (χ3n) is 5.33. The number of aliphatic hydroxyl groups excluding tert-OH is 1. The van der Waals surface area contributed by atoms with Crippen molar-refractivity contribution in [2.45, 2.75) is 51.4 Å². The summed E-state index contributed by atoms with van der Waals surface area (Å²) >= 11 is 0. The van der Waals surface area contributed by atoms with Crippen LogP contribution >= 0.6 is 0 Å². The number of hydrogen-bond donors (Lipinski definition) is 2. The van der Waals surface area contributed by atoms with Gasteiger partial charge in [-0.1, -0.05) is 17.3 Å². The first-order chi connectivity index (χ1) is 14.0. The fraction of sp³-hybridized carbons (Fsp3) is 0.364. The van der Waals surface area contributed by atoms with Gasteiger partial charge in [0.15, 0.2) is 11.6 Å². The lowest BCUT2D eigenvalue weighted by Crippen LogP contribution is -2.21. The molecule has 1 aromatic heterocycles. The molecule has 0 aliphatic heterocycles. The lowest BCUT2D eigenvalue weighted by atomic mass is 9.88. The second kappa shape index (κ2) is 8.03. The number of carbonyl (C=O) groups excluding carboxylic acids is 2. The molecule has 1 fully saturated rings. The molecule has 1 aromatic carbocycles. The Bertz CT molecular complexity index is 1030. The van der Waals surface area contributed by atoms with Crippen LogP contribution in [0.2, 0.25) is 0 Å². The molecule has 2 N–H and O–H groups in total. The lowest BCUT2D eigenvalue weighted by Gasteiger charge is -2.18. The normalized spacial score (nSPS) is 20.1. The van der Waals surface area contributed by atoms with E-state index < -0.39 is 0 Å². The molecule has 7 nitrogen and oxygen atoms in total. The number of fused-ring (bicyclic) bond motifs is 1. The van der Waals surface area contributed by atoms with E-state index in [1.807, 2.05) is 0 Å². The molecule has 29 heavy (non-hydrogen) atoms. The molecule has 2 aliphatic rings. The number of para-hydroxylation sites is 2. The summed E-state index contributed by atoms with van der Waals surface area (Å²) in [6.07, 6.45) is 3.92. The smallest absolute Gasteiger partial charge is 0.168 e. The highest BCUT2D eigenvalue weighted by Gasteiger charge is 2.28. The molecule has 0 radical (unpaired) electrons. The predicted octanol–water partition coefficient (Wildman–Crippen LogP) is 4.17. The molecule has 0 unspecified atom stereocenters. The molecule has 2 aliphatic carbocycles. The van der Waals surface area contributed by atoms with Crippen LogP contribution in [0.1, 0.15) is 60.3 Å². The summed E-state index contributed by atoms with van der Waals surface area (Å²) in [5, 5.41) is 24.7.